The Morgan fingerprint density at radius 1 is 1.50 bits per heavy atom. The van der Waals surface area contributed by atoms with Gasteiger partial charge in [-0.05, 0) is 12.2 Å². The van der Waals surface area contributed by atoms with Gasteiger partial charge in [0.05, 0.1) is 0 Å². The van der Waals surface area contributed by atoms with E-state index in [4.69, 9.17) is 5.11 Å². The number of hydrogen-bond donors (Lipinski definition) is 3. The fourth-order valence-electron chi connectivity index (χ4n) is 0.725. The van der Waals surface area contributed by atoms with Crippen LogP contribution >= 0.6 is 12.2 Å². The van der Waals surface area contributed by atoms with Crippen LogP contribution in [0.15, 0.2) is 0 Å². The Bertz CT molecular complexity index is 287. The molecule has 0 aromatic rings. The van der Waals surface area contributed by atoms with Crippen molar-refractivity contribution in [1.29, 1.82) is 0 Å². The lowest BCUT2D eigenvalue weighted by molar-refractivity contribution is -0.151. The molecule has 1 heterocycles. The lowest BCUT2D eigenvalue weighted by Gasteiger charge is -2.00. The maximum absolute atomic E-state index is 10.8. The summed E-state index contributed by atoms with van der Waals surface area (Å²) in [5.41, 5.74) is 0. The highest BCUT2D eigenvalue weighted by molar-refractivity contribution is 7.80. The zero-order valence-corrected chi connectivity index (χ0v) is 6.47. The first-order chi connectivity index (χ1) is 5.52. The summed E-state index contributed by atoms with van der Waals surface area (Å²) in [4.78, 5) is 31.6. The second kappa shape index (κ2) is 2.86. The van der Waals surface area contributed by atoms with Gasteiger partial charge in [-0.1, -0.05) is 0 Å². The van der Waals surface area contributed by atoms with Gasteiger partial charge in [0.1, 0.15) is 0 Å². The Kier molecular flexibility index (Phi) is 2.05. The van der Waals surface area contributed by atoms with Crippen LogP contribution in [0.25, 0.3) is 0 Å². The Morgan fingerprint density at radius 2 is 2.08 bits per heavy atom. The van der Waals surface area contributed by atoms with Gasteiger partial charge in [0.15, 0.2) is 11.2 Å². The van der Waals surface area contributed by atoms with Crippen molar-refractivity contribution in [3.05, 3.63) is 0 Å². The number of carbonyl (C=O) groups is 3. The van der Waals surface area contributed by atoms with Crippen LogP contribution in [0.5, 0.6) is 0 Å². The molecule has 0 aliphatic carbocycles. The maximum Gasteiger partial charge on any atom is 0.375 e. The average molecular weight is 188 g/mol. The van der Waals surface area contributed by atoms with Gasteiger partial charge >= 0.3 is 5.97 Å². The second-order valence-electron chi connectivity index (χ2n) is 2.07. The lowest BCUT2D eigenvalue weighted by Crippen LogP contribution is -2.41. The summed E-state index contributed by atoms with van der Waals surface area (Å²) in [6, 6.07) is -1.38. The largest absolute Gasteiger partial charge is 0.475 e. The fourth-order valence-corrected chi connectivity index (χ4v) is 0.943. The van der Waals surface area contributed by atoms with Gasteiger partial charge in [-0.2, -0.15) is 0 Å². The van der Waals surface area contributed by atoms with E-state index in [9.17, 15) is 14.4 Å². The van der Waals surface area contributed by atoms with Crippen molar-refractivity contribution in [2.24, 2.45) is 0 Å². The van der Waals surface area contributed by atoms with Gasteiger partial charge in [0, 0.05) is 0 Å². The molecule has 1 amide bonds. The molecule has 0 radical (unpaired) electrons. The first-order valence-corrected chi connectivity index (χ1v) is 3.31. The van der Waals surface area contributed by atoms with E-state index in [2.05, 4.69) is 22.9 Å². The summed E-state index contributed by atoms with van der Waals surface area (Å²) >= 11 is 4.49. The van der Waals surface area contributed by atoms with Crippen molar-refractivity contribution < 1.29 is 19.5 Å². The monoisotopic (exact) mass is 188 g/mol. The number of thiocarbonyl (C=S) groups is 1. The number of carboxylic acid groups (broad SMARTS) is 1. The number of aliphatic carboxylic acids is 1. The molecule has 0 saturated carbocycles. The molecule has 0 aromatic heterocycles. The van der Waals surface area contributed by atoms with E-state index in [1.807, 2.05) is 0 Å². The molecule has 6 nitrogen and oxygen atoms in total. The van der Waals surface area contributed by atoms with Crippen LogP contribution < -0.4 is 10.6 Å². The van der Waals surface area contributed by atoms with Crippen molar-refractivity contribution in [2.45, 2.75) is 6.04 Å². The smallest absolute Gasteiger partial charge is 0.375 e. The van der Waals surface area contributed by atoms with Crippen molar-refractivity contribution in [3.8, 4) is 0 Å². The number of carbonyl (C=O) groups excluding carboxylic acids is 2. The Balaban J connectivity index is 2.77. The molecule has 0 spiro atoms. The van der Waals surface area contributed by atoms with Gasteiger partial charge < -0.3 is 15.7 Å². The predicted octanol–water partition coefficient (Wildman–Crippen LogP) is -1.99. The topological polar surface area (TPSA) is 95.5 Å². The van der Waals surface area contributed by atoms with Crippen LogP contribution in [0.2, 0.25) is 0 Å². The van der Waals surface area contributed by atoms with Gasteiger partial charge in [0.2, 0.25) is 0 Å². The van der Waals surface area contributed by atoms with Gasteiger partial charge in [0.25, 0.3) is 11.7 Å². The van der Waals surface area contributed by atoms with Crippen LogP contribution in [-0.4, -0.2) is 33.9 Å². The molecule has 7 heteroatoms. The van der Waals surface area contributed by atoms with Crippen LogP contribution in [-0.2, 0) is 14.4 Å². The zero-order valence-electron chi connectivity index (χ0n) is 5.66. The number of ketones is 1. The molecule has 1 saturated heterocycles. The van der Waals surface area contributed by atoms with E-state index in [0.29, 0.717) is 0 Å². The molecule has 1 aliphatic rings. The molecule has 0 aromatic carbocycles. The first-order valence-electron chi connectivity index (χ1n) is 2.91. The first kappa shape index (κ1) is 8.60. The third-order valence-corrected chi connectivity index (χ3v) is 1.47. The molecule has 1 rings (SSSR count). The molecule has 1 unspecified atom stereocenters. The summed E-state index contributed by atoms with van der Waals surface area (Å²) in [6.07, 6.45) is 0. The number of carboxylic acids is 1. The third kappa shape index (κ3) is 1.40. The van der Waals surface area contributed by atoms with Crippen LogP contribution in [0.3, 0.4) is 0 Å². The SMILES string of the molecule is O=C(O)C(=O)C1NC(=S)NC1=O. The van der Waals surface area contributed by atoms with E-state index in [1.165, 1.54) is 0 Å². The molecule has 64 valence electrons. The highest BCUT2D eigenvalue weighted by Gasteiger charge is 2.37. The third-order valence-electron chi connectivity index (χ3n) is 1.25. The molecular formula is C5H4N2O4S. The molecule has 1 fully saturated rings. The lowest BCUT2D eigenvalue weighted by atomic mass is 10.2. The average Bonchev–Trinajstić information content (AvgIpc) is 2.28. The van der Waals surface area contributed by atoms with Gasteiger partial charge in [-0.15, -0.1) is 0 Å². The van der Waals surface area contributed by atoms with Crippen LogP contribution in [0.4, 0.5) is 0 Å². The number of rotatable bonds is 2. The highest BCUT2D eigenvalue weighted by Crippen LogP contribution is 1.94. The summed E-state index contributed by atoms with van der Waals surface area (Å²) in [6.45, 7) is 0. The second-order valence-corrected chi connectivity index (χ2v) is 2.47. The number of amides is 1. The number of nitrogens with one attached hydrogen (secondary N) is 2. The summed E-state index contributed by atoms with van der Waals surface area (Å²) in [5.74, 6) is -3.60. The van der Waals surface area contributed by atoms with Crippen molar-refractivity contribution in [3.63, 3.8) is 0 Å². The molecule has 12 heavy (non-hydrogen) atoms. The molecule has 0 bridgehead atoms. The molecular weight excluding hydrogens is 184 g/mol. The Hall–Kier alpha value is -1.50. The van der Waals surface area contributed by atoms with Crippen molar-refractivity contribution >= 4 is 35.0 Å². The van der Waals surface area contributed by atoms with Crippen LogP contribution in [0.1, 0.15) is 0 Å². The van der Waals surface area contributed by atoms with Gasteiger partial charge in [-0.3, -0.25) is 9.59 Å². The standard InChI is InChI=1S/C5H4N2O4S/c8-2(4(10)11)1-3(9)7-5(12)6-1/h1H,(H,10,11)(H2,6,7,9,12). The Morgan fingerprint density at radius 3 is 2.42 bits per heavy atom. The predicted molar refractivity (Wildman–Crippen MR) is 40.3 cm³/mol. The molecule has 1 atom stereocenters. The van der Waals surface area contributed by atoms with E-state index in [0.717, 1.165) is 0 Å². The molecule has 3 N–H and O–H groups in total. The normalized spacial score (nSPS) is 21.5. The van der Waals surface area contributed by atoms with Crippen LogP contribution in [0, 0.1) is 0 Å². The minimum atomic E-state index is -1.66. The quantitative estimate of drug-likeness (QED) is 0.264. The fraction of sp³-hybridized carbons (Fsp3) is 0.200. The van der Waals surface area contributed by atoms with E-state index in [1.54, 1.807) is 0 Å². The summed E-state index contributed by atoms with van der Waals surface area (Å²) in [5, 5.41) is 12.5. The number of Topliss-reactive ketones (excluding diaryl/α,β-unsaturated/α-hetero) is 1. The number of hydrogen-bond acceptors (Lipinski definition) is 4. The summed E-state index contributed by atoms with van der Waals surface area (Å²) in [7, 11) is 0. The van der Waals surface area contributed by atoms with Crippen molar-refractivity contribution in [1.82, 2.24) is 10.6 Å². The minimum absolute atomic E-state index is 0.0281. The minimum Gasteiger partial charge on any atom is -0.475 e. The Labute approximate surface area is 71.9 Å². The van der Waals surface area contributed by atoms with E-state index in [-0.39, 0.29) is 5.11 Å². The zero-order chi connectivity index (χ0) is 9.30. The highest BCUT2D eigenvalue weighted by atomic mass is 32.1. The van der Waals surface area contributed by atoms with Crippen molar-refractivity contribution in [2.75, 3.05) is 0 Å². The maximum atomic E-state index is 10.8. The van der Waals surface area contributed by atoms with E-state index < -0.39 is 23.7 Å². The van der Waals surface area contributed by atoms with E-state index >= 15 is 0 Å². The summed E-state index contributed by atoms with van der Waals surface area (Å²) < 4.78 is 0. The molecule has 1 aliphatic heterocycles. The van der Waals surface area contributed by atoms with Gasteiger partial charge in [-0.25, -0.2) is 4.79 Å².